The summed E-state index contributed by atoms with van der Waals surface area (Å²) < 4.78 is 7.06. The topological polar surface area (TPSA) is 64.3 Å². The van der Waals surface area contributed by atoms with Crippen LogP contribution in [0.1, 0.15) is 0 Å². The van der Waals surface area contributed by atoms with Crippen LogP contribution in [-0.4, -0.2) is 26.7 Å². The van der Waals surface area contributed by atoms with Crippen molar-refractivity contribution < 1.29 is 4.74 Å². The van der Waals surface area contributed by atoms with Crippen molar-refractivity contribution in [3.63, 3.8) is 0 Å². The molecule has 0 fully saturated rings. The molecule has 6 heteroatoms. The van der Waals surface area contributed by atoms with Crippen molar-refractivity contribution in [3.05, 3.63) is 67.1 Å². The van der Waals surface area contributed by atoms with Crippen LogP contribution in [0.15, 0.2) is 67.1 Å². The van der Waals surface area contributed by atoms with Crippen molar-refractivity contribution in [1.29, 1.82) is 0 Å². The fourth-order valence-corrected chi connectivity index (χ4v) is 2.53. The number of anilines is 2. The number of nitrogens with one attached hydrogen (secondary N) is 1. The zero-order chi connectivity index (χ0) is 16.4. The number of pyridine rings is 1. The summed E-state index contributed by atoms with van der Waals surface area (Å²) in [6, 6.07) is 15.5. The Kier molecular flexibility index (Phi) is 3.55. The zero-order valence-electron chi connectivity index (χ0n) is 13.0. The predicted molar refractivity (Wildman–Crippen MR) is 92.5 cm³/mol. The molecule has 0 unspecified atom stereocenters. The van der Waals surface area contributed by atoms with Gasteiger partial charge in [0.2, 0.25) is 5.95 Å². The quantitative estimate of drug-likeness (QED) is 0.623. The van der Waals surface area contributed by atoms with E-state index in [1.807, 2.05) is 65.4 Å². The Morgan fingerprint density at radius 3 is 2.96 bits per heavy atom. The average Bonchev–Trinajstić information content (AvgIpc) is 3.06. The van der Waals surface area contributed by atoms with Crippen LogP contribution in [0.4, 0.5) is 11.6 Å². The smallest absolute Gasteiger partial charge is 0.227 e. The van der Waals surface area contributed by atoms with Gasteiger partial charge in [-0.3, -0.25) is 0 Å². The van der Waals surface area contributed by atoms with Crippen molar-refractivity contribution in [3.8, 4) is 17.0 Å². The van der Waals surface area contributed by atoms with Gasteiger partial charge in [0.15, 0.2) is 0 Å². The number of nitrogens with zero attached hydrogens (tertiary/aromatic N) is 4. The second-order valence-corrected chi connectivity index (χ2v) is 5.21. The molecule has 0 atom stereocenters. The van der Waals surface area contributed by atoms with E-state index in [9.17, 15) is 0 Å². The highest BCUT2D eigenvalue weighted by molar-refractivity contribution is 5.78. The summed E-state index contributed by atoms with van der Waals surface area (Å²) in [4.78, 5) is 8.89. The van der Waals surface area contributed by atoms with Gasteiger partial charge in [0, 0.05) is 29.7 Å². The first kappa shape index (κ1) is 14.2. The highest BCUT2D eigenvalue weighted by Crippen LogP contribution is 2.24. The highest BCUT2D eigenvalue weighted by atomic mass is 16.5. The minimum Gasteiger partial charge on any atom is -0.497 e. The van der Waals surface area contributed by atoms with Gasteiger partial charge in [-0.1, -0.05) is 12.1 Å². The van der Waals surface area contributed by atoms with Gasteiger partial charge in [-0.15, -0.1) is 0 Å². The van der Waals surface area contributed by atoms with Crippen LogP contribution in [0.3, 0.4) is 0 Å². The molecule has 0 amide bonds. The Hall–Kier alpha value is -3.41. The molecule has 24 heavy (non-hydrogen) atoms. The van der Waals surface area contributed by atoms with E-state index in [0.29, 0.717) is 5.95 Å². The molecule has 0 aliphatic carbocycles. The standard InChI is InChI=1S/C18H15N5O/c1-24-14-6-4-5-13(11-14)21-18-19-9-8-16(22-18)15-12-20-23-10-3-2-7-17(15)23/h2-12H,1H3,(H,19,21,22). The maximum atomic E-state index is 5.23. The number of aromatic nitrogens is 4. The second-order valence-electron chi connectivity index (χ2n) is 5.21. The summed E-state index contributed by atoms with van der Waals surface area (Å²) in [5, 5.41) is 7.55. The molecule has 6 nitrogen and oxygen atoms in total. The van der Waals surface area contributed by atoms with Crippen LogP contribution >= 0.6 is 0 Å². The molecule has 0 aliphatic heterocycles. The number of ether oxygens (including phenoxy) is 1. The fourth-order valence-electron chi connectivity index (χ4n) is 2.53. The first-order valence-electron chi connectivity index (χ1n) is 7.50. The molecule has 0 radical (unpaired) electrons. The number of rotatable bonds is 4. The van der Waals surface area contributed by atoms with Gasteiger partial charge in [0.25, 0.3) is 0 Å². The van der Waals surface area contributed by atoms with E-state index in [4.69, 9.17) is 4.74 Å². The Balaban J connectivity index is 1.68. The van der Waals surface area contributed by atoms with E-state index in [2.05, 4.69) is 20.4 Å². The maximum absolute atomic E-state index is 5.23. The molecule has 0 spiro atoms. The van der Waals surface area contributed by atoms with E-state index < -0.39 is 0 Å². The Morgan fingerprint density at radius 2 is 2.04 bits per heavy atom. The number of methoxy groups -OCH3 is 1. The summed E-state index contributed by atoms with van der Waals surface area (Å²) in [7, 11) is 1.64. The van der Waals surface area contributed by atoms with Crippen LogP contribution < -0.4 is 10.1 Å². The van der Waals surface area contributed by atoms with Crippen molar-refractivity contribution in [1.82, 2.24) is 19.6 Å². The van der Waals surface area contributed by atoms with Gasteiger partial charge in [0.1, 0.15) is 5.75 Å². The molecule has 3 heterocycles. The lowest BCUT2D eigenvalue weighted by molar-refractivity contribution is 0.415. The van der Waals surface area contributed by atoms with Gasteiger partial charge in [-0.25, -0.2) is 14.5 Å². The van der Waals surface area contributed by atoms with Gasteiger partial charge in [-0.2, -0.15) is 5.10 Å². The summed E-state index contributed by atoms with van der Waals surface area (Å²) in [5.41, 5.74) is 3.65. The molecule has 3 aromatic heterocycles. The third-order valence-electron chi connectivity index (χ3n) is 3.68. The summed E-state index contributed by atoms with van der Waals surface area (Å²) in [6.07, 6.45) is 5.46. The number of benzene rings is 1. The van der Waals surface area contributed by atoms with E-state index in [0.717, 1.165) is 28.2 Å². The Bertz CT molecular complexity index is 995. The van der Waals surface area contributed by atoms with E-state index in [1.54, 1.807) is 13.3 Å². The summed E-state index contributed by atoms with van der Waals surface area (Å²) in [5.74, 6) is 1.30. The fraction of sp³-hybridized carbons (Fsp3) is 0.0556. The second kappa shape index (κ2) is 6.00. The van der Waals surface area contributed by atoms with E-state index >= 15 is 0 Å². The van der Waals surface area contributed by atoms with E-state index in [-0.39, 0.29) is 0 Å². The maximum Gasteiger partial charge on any atom is 0.227 e. The third kappa shape index (κ3) is 2.65. The van der Waals surface area contributed by atoms with Crippen LogP contribution in [0.5, 0.6) is 5.75 Å². The van der Waals surface area contributed by atoms with Crippen molar-refractivity contribution in [2.75, 3.05) is 12.4 Å². The van der Waals surface area contributed by atoms with Crippen LogP contribution in [-0.2, 0) is 0 Å². The number of fused-ring (bicyclic) bond motifs is 1. The normalized spacial score (nSPS) is 10.7. The zero-order valence-corrected chi connectivity index (χ0v) is 13.0. The van der Waals surface area contributed by atoms with Crippen molar-refractivity contribution >= 4 is 17.2 Å². The minimum absolute atomic E-state index is 0.524. The van der Waals surface area contributed by atoms with Gasteiger partial charge in [0.05, 0.1) is 24.5 Å². The molecular weight excluding hydrogens is 302 g/mol. The lowest BCUT2D eigenvalue weighted by Gasteiger charge is -2.07. The predicted octanol–water partition coefficient (Wildman–Crippen LogP) is 3.54. The molecule has 1 N–H and O–H groups in total. The molecule has 0 aliphatic rings. The van der Waals surface area contributed by atoms with Crippen LogP contribution in [0.2, 0.25) is 0 Å². The lowest BCUT2D eigenvalue weighted by Crippen LogP contribution is -1.98. The minimum atomic E-state index is 0.524. The molecule has 4 rings (SSSR count). The van der Waals surface area contributed by atoms with Crippen LogP contribution in [0, 0.1) is 0 Å². The van der Waals surface area contributed by atoms with Crippen molar-refractivity contribution in [2.45, 2.75) is 0 Å². The monoisotopic (exact) mass is 317 g/mol. The number of hydrogen-bond acceptors (Lipinski definition) is 5. The summed E-state index contributed by atoms with van der Waals surface area (Å²) in [6.45, 7) is 0. The lowest BCUT2D eigenvalue weighted by atomic mass is 10.2. The molecule has 118 valence electrons. The van der Waals surface area contributed by atoms with E-state index in [1.165, 1.54) is 0 Å². The third-order valence-corrected chi connectivity index (χ3v) is 3.68. The summed E-state index contributed by atoms with van der Waals surface area (Å²) >= 11 is 0. The molecule has 0 saturated heterocycles. The van der Waals surface area contributed by atoms with Gasteiger partial charge >= 0.3 is 0 Å². The Morgan fingerprint density at radius 1 is 1.08 bits per heavy atom. The molecule has 4 aromatic rings. The molecule has 1 aromatic carbocycles. The number of hydrogen-bond donors (Lipinski definition) is 1. The largest absolute Gasteiger partial charge is 0.497 e. The van der Waals surface area contributed by atoms with Gasteiger partial charge in [-0.05, 0) is 30.3 Å². The first-order chi connectivity index (χ1) is 11.8. The Labute approximate surface area is 138 Å². The first-order valence-corrected chi connectivity index (χ1v) is 7.50. The highest BCUT2D eigenvalue weighted by Gasteiger charge is 2.09. The molecular formula is C18H15N5O. The van der Waals surface area contributed by atoms with Crippen molar-refractivity contribution in [2.24, 2.45) is 0 Å². The molecule has 0 saturated carbocycles. The SMILES string of the molecule is COc1cccc(Nc2nccc(-c3cnn4ccccc34)n2)c1. The molecule has 0 bridgehead atoms. The van der Waals surface area contributed by atoms with Crippen LogP contribution in [0.25, 0.3) is 16.8 Å². The average molecular weight is 317 g/mol. The van der Waals surface area contributed by atoms with Gasteiger partial charge < -0.3 is 10.1 Å².